The van der Waals surface area contributed by atoms with Gasteiger partial charge in [0.15, 0.2) is 0 Å². The number of pyridine rings is 1. The Hall–Kier alpha value is -0.760. The van der Waals surface area contributed by atoms with Crippen molar-refractivity contribution in [1.82, 2.24) is 4.98 Å². The maximum atomic E-state index is 5.82. The van der Waals surface area contributed by atoms with Crippen molar-refractivity contribution >= 4 is 17.4 Å². The predicted molar refractivity (Wildman–Crippen MR) is 55.2 cm³/mol. The Morgan fingerprint density at radius 1 is 1.54 bits per heavy atom. The second-order valence-corrected chi connectivity index (χ2v) is 4.05. The molecule has 0 N–H and O–H groups in total. The van der Waals surface area contributed by atoms with Crippen LogP contribution < -0.4 is 4.90 Å². The molecule has 2 nitrogen and oxygen atoms in total. The van der Waals surface area contributed by atoms with Crippen molar-refractivity contribution < 1.29 is 0 Å². The SMILES string of the molecule is CC1CCN(c2cccc(Cl)n2)C1. The first kappa shape index (κ1) is 8.82. The molecule has 1 fully saturated rings. The van der Waals surface area contributed by atoms with Gasteiger partial charge < -0.3 is 4.90 Å². The van der Waals surface area contributed by atoms with E-state index in [1.807, 2.05) is 18.2 Å². The molecule has 0 amide bonds. The normalized spacial score (nSPS) is 22.3. The minimum atomic E-state index is 0.581. The van der Waals surface area contributed by atoms with Crippen molar-refractivity contribution in [2.75, 3.05) is 18.0 Å². The molecule has 0 radical (unpaired) electrons. The summed E-state index contributed by atoms with van der Waals surface area (Å²) in [4.78, 5) is 6.57. The second-order valence-electron chi connectivity index (χ2n) is 3.66. The number of anilines is 1. The zero-order chi connectivity index (χ0) is 9.26. The Kier molecular flexibility index (Phi) is 2.40. The van der Waals surface area contributed by atoms with Gasteiger partial charge in [0.25, 0.3) is 0 Å². The van der Waals surface area contributed by atoms with Gasteiger partial charge in [-0.05, 0) is 24.5 Å². The molecule has 13 heavy (non-hydrogen) atoms. The van der Waals surface area contributed by atoms with Crippen LogP contribution in [0.3, 0.4) is 0 Å². The maximum absolute atomic E-state index is 5.82. The van der Waals surface area contributed by atoms with E-state index < -0.39 is 0 Å². The van der Waals surface area contributed by atoms with Gasteiger partial charge in [0.1, 0.15) is 11.0 Å². The van der Waals surface area contributed by atoms with E-state index in [1.165, 1.54) is 6.42 Å². The zero-order valence-electron chi connectivity index (χ0n) is 7.70. The zero-order valence-corrected chi connectivity index (χ0v) is 8.46. The topological polar surface area (TPSA) is 16.1 Å². The van der Waals surface area contributed by atoms with E-state index in [0.717, 1.165) is 24.8 Å². The Balaban J connectivity index is 2.16. The average Bonchev–Trinajstić information content (AvgIpc) is 2.52. The van der Waals surface area contributed by atoms with Crippen LogP contribution in [0.15, 0.2) is 18.2 Å². The number of nitrogens with zero attached hydrogens (tertiary/aromatic N) is 2. The van der Waals surface area contributed by atoms with Crippen LogP contribution in [0.25, 0.3) is 0 Å². The van der Waals surface area contributed by atoms with Crippen molar-refractivity contribution in [2.24, 2.45) is 5.92 Å². The van der Waals surface area contributed by atoms with E-state index in [2.05, 4.69) is 16.8 Å². The van der Waals surface area contributed by atoms with E-state index in [1.54, 1.807) is 0 Å². The summed E-state index contributed by atoms with van der Waals surface area (Å²) >= 11 is 5.82. The van der Waals surface area contributed by atoms with Crippen molar-refractivity contribution in [2.45, 2.75) is 13.3 Å². The van der Waals surface area contributed by atoms with E-state index in [9.17, 15) is 0 Å². The largest absolute Gasteiger partial charge is 0.356 e. The van der Waals surface area contributed by atoms with Gasteiger partial charge in [0, 0.05) is 13.1 Å². The summed E-state index contributed by atoms with van der Waals surface area (Å²) in [7, 11) is 0. The van der Waals surface area contributed by atoms with Gasteiger partial charge in [-0.25, -0.2) is 4.98 Å². The third-order valence-electron chi connectivity index (χ3n) is 2.45. The molecule has 1 unspecified atom stereocenters. The summed E-state index contributed by atoms with van der Waals surface area (Å²) in [6, 6.07) is 5.78. The van der Waals surface area contributed by atoms with E-state index in [4.69, 9.17) is 11.6 Å². The van der Waals surface area contributed by atoms with Crippen molar-refractivity contribution in [1.29, 1.82) is 0 Å². The van der Waals surface area contributed by atoms with Crippen LogP contribution in [0.5, 0.6) is 0 Å². The molecule has 1 aliphatic heterocycles. The molecule has 1 aromatic rings. The molecule has 1 aromatic heterocycles. The van der Waals surface area contributed by atoms with Crippen LogP contribution >= 0.6 is 11.6 Å². The summed E-state index contributed by atoms with van der Waals surface area (Å²) in [5, 5.41) is 0.581. The number of halogens is 1. The molecule has 2 heterocycles. The van der Waals surface area contributed by atoms with Gasteiger partial charge in [-0.2, -0.15) is 0 Å². The fraction of sp³-hybridized carbons (Fsp3) is 0.500. The van der Waals surface area contributed by atoms with Gasteiger partial charge in [0.05, 0.1) is 0 Å². The van der Waals surface area contributed by atoms with Crippen molar-refractivity contribution in [3.63, 3.8) is 0 Å². The standard InChI is InChI=1S/C10H13ClN2/c1-8-5-6-13(7-8)10-4-2-3-9(11)12-10/h2-4,8H,5-7H2,1H3. The Morgan fingerprint density at radius 3 is 3.00 bits per heavy atom. The maximum Gasteiger partial charge on any atom is 0.131 e. The minimum absolute atomic E-state index is 0.581. The molecule has 0 aliphatic carbocycles. The number of hydrogen-bond donors (Lipinski definition) is 0. The molecule has 1 aliphatic rings. The highest BCUT2D eigenvalue weighted by Crippen LogP contribution is 2.22. The summed E-state index contributed by atoms with van der Waals surface area (Å²) in [6.07, 6.45) is 1.26. The van der Waals surface area contributed by atoms with Crippen LogP contribution in [0.2, 0.25) is 5.15 Å². The van der Waals surface area contributed by atoms with Gasteiger partial charge in [0.2, 0.25) is 0 Å². The molecule has 2 rings (SSSR count). The molecular weight excluding hydrogens is 184 g/mol. The van der Waals surface area contributed by atoms with Crippen LogP contribution in [-0.2, 0) is 0 Å². The number of rotatable bonds is 1. The molecule has 0 bridgehead atoms. The first-order chi connectivity index (χ1) is 6.25. The summed E-state index contributed by atoms with van der Waals surface area (Å²) < 4.78 is 0. The first-order valence-electron chi connectivity index (χ1n) is 4.63. The molecule has 1 atom stereocenters. The fourth-order valence-electron chi connectivity index (χ4n) is 1.72. The average molecular weight is 197 g/mol. The van der Waals surface area contributed by atoms with Crippen LogP contribution in [-0.4, -0.2) is 18.1 Å². The molecular formula is C10H13ClN2. The lowest BCUT2D eigenvalue weighted by molar-refractivity contribution is 0.659. The Morgan fingerprint density at radius 2 is 2.38 bits per heavy atom. The third kappa shape index (κ3) is 1.94. The summed E-state index contributed by atoms with van der Waals surface area (Å²) in [5.41, 5.74) is 0. The lowest BCUT2D eigenvalue weighted by Gasteiger charge is -2.16. The highest BCUT2D eigenvalue weighted by molar-refractivity contribution is 6.29. The van der Waals surface area contributed by atoms with Crippen molar-refractivity contribution in [3.05, 3.63) is 23.4 Å². The van der Waals surface area contributed by atoms with Crippen LogP contribution in [0.4, 0.5) is 5.82 Å². The van der Waals surface area contributed by atoms with Gasteiger partial charge in [-0.3, -0.25) is 0 Å². The highest BCUT2D eigenvalue weighted by Gasteiger charge is 2.19. The minimum Gasteiger partial charge on any atom is -0.356 e. The number of aromatic nitrogens is 1. The molecule has 3 heteroatoms. The van der Waals surface area contributed by atoms with Gasteiger partial charge in [-0.15, -0.1) is 0 Å². The van der Waals surface area contributed by atoms with E-state index in [0.29, 0.717) is 5.15 Å². The summed E-state index contributed by atoms with van der Waals surface area (Å²) in [5.74, 6) is 1.79. The highest BCUT2D eigenvalue weighted by atomic mass is 35.5. The predicted octanol–water partition coefficient (Wildman–Crippen LogP) is 2.58. The Bertz CT molecular complexity index is 301. The third-order valence-corrected chi connectivity index (χ3v) is 2.66. The van der Waals surface area contributed by atoms with Gasteiger partial charge >= 0.3 is 0 Å². The molecule has 0 saturated carbocycles. The van der Waals surface area contributed by atoms with Crippen LogP contribution in [0, 0.1) is 5.92 Å². The number of hydrogen-bond acceptors (Lipinski definition) is 2. The van der Waals surface area contributed by atoms with Crippen molar-refractivity contribution in [3.8, 4) is 0 Å². The molecule has 1 saturated heterocycles. The fourth-order valence-corrected chi connectivity index (χ4v) is 1.88. The Labute approximate surface area is 83.5 Å². The van der Waals surface area contributed by atoms with Gasteiger partial charge in [-0.1, -0.05) is 24.6 Å². The first-order valence-corrected chi connectivity index (χ1v) is 5.01. The molecule has 0 spiro atoms. The second kappa shape index (κ2) is 3.54. The molecule has 70 valence electrons. The lowest BCUT2D eigenvalue weighted by Crippen LogP contribution is -2.20. The molecule has 0 aromatic carbocycles. The monoisotopic (exact) mass is 196 g/mol. The lowest BCUT2D eigenvalue weighted by atomic mass is 10.2. The summed E-state index contributed by atoms with van der Waals surface area (Å²) in [6.45, 7) is 4.48. The van der Waals surface area contributed by atoms with Crippen LogP contribution in [0.1, 0.15) is 13.3 Å². The quantitative estimate of drug-likeness (QED) is 0.642. The van der Waals surface area contributed by atoms with E-state index in [-0.39, 0.29) is 0 Å². The van der Waals surface area contributed by atoms with E-state index >= 15 is 0 Å². The smallest absolute Gasteiger partial charge is 0.131 e.